The summed E-state index contributed by atoms with van der Waals surface area (Å²) in [6, 6.07) is 22.8. The van der Waals surface area contributed by atoms with Gasteiger partial charge in [0.25, 0.3) is 5.91 Å². The molecule has 0 spiro atoms. The van der Waals surface area contributed by atoms with Crippen molar-refractivity contribution in [2.45, 2.75) is 19.8 Å². The van der Waals surface area contributed by atoms with Crippen LogP contribution >= 0.6 is 0 Å². The number of hydrogen-bond donors (Lipinski definition) is 2. The van der Waals surface area contributed by atoms with Crippen LogP contribution in [0.3, 0.4) is 0 Å². The summed E-state index contributed by atoms with van der Waals surface area (Å²) >= 11 is 0. The van der Waals surface area contributed by atoms with E-state index in [1.165, 1.54) is 0 Å². The second kappa shape index (κ2) is 9.31. The molecule has 0 radical (unpaired) electrons. The molecule has 0 aliphatic carbocycles. The van der Waals surface area contributed by atoms with Gasteiger partial charge in [-0.3, -0.25) is 9.59 Å². The van der Waals surface area contributed by atoms with Gasteiger partial charge in [-0.25, -0.2) is 4.79 Å². The first-order valence-electron chi connectivity index (χ1n) is 10.4. The van der Waals surface area contributed by atoms with Crippen molar-refractivity contribution in [2.24, 2.45) is 0 Å². The first kappa shape index (κ1) is 21.1. The lowest BCUT2D eigenvalue weighted by molar-refractivity contribution is -0.116. The largest absolute Gasteiger partial charge is 0.422 e. The Morgan fingerprint density at radius 2 is 1.56 bits per heavy atom. The van der Waals surface area contributed by atoms with Gasteiger partial charge in [0.1, 0.15) is 5.58 Å². The van der Waals surface area contributed by atoms with Crippen LogP contribution in [-0.2, 0) is 4.79 Å². The molecule has 1 aromatic heterocycles. The Morgan fingerprint density at radius 3 is 2.31 bits per heavy atom. The van der Waals surface area contributed by atoms with E-state index in [2.05, 4.69) is 10.6 Å². The summed E-state index contributed by atoms with van der Waals surface area (Å²) in [4.78, 5) is 36.9. The summed E-state index contributed by atoms with van der Waals surface area (Å²) in [5, 5.41) is 6.45. The Balaban J connectivity index is 1.52. The fourth-order valence-electron chi connectivity index (χ4n) is 3.38. The first-order valence-corrected chi connectivity index (χ1v) is 10.4. The van der Waals surface area contributed by atoms with Crippen LogP contribution in [0.15, 0.2) is 88.1 Å². The summed E-state index contributed by atoms with van der Waals surface area (Å²) in [6.07, 6.45) is 1.24. The standard InChI is InChI=1S/C26H22N2O4/c1-2-6-24(29)27-20-11-13-21(14-12-20)28-25(30)19-9-5-8-17(15-19)22-16-18-7-3-4-10-23(18)32-26(22)31/h3-5,7-16H,2,6H2,1H3,(H,27,29)(H,28,30). The van der Waals surface area contributed by atoms with Crippen LogP contribution in [0.1, 0.15) is 30.1 Å². The lowest BCUT2D eigenvalue weighted by atomic mass is 10.0. The Bertz CT molecular complexity index is 1340. The first-order chi connectivity index (χ1) is 15.5. The average molecular weight is 426 g/mol. The molecule has 0 aliphatic rings. The van der Waals surface area contributed by atoms with Crippen molar-refractivity contribution in [3.63, 3.8) is 0 Å². The second-order valence-corrected chi connectivity index (χ2v) is 7.40. The third-order valence-electron chi connectivity index (χ3n) is 4.98. The van der Waals surface area contributed by atoms with Crippen LogP contribution in [0.2, 0.25) is 0 Å². The van der Waals surface area contributed by atoms with Crippen molar-refractivity contribution < 1.29 is 14.0 Å². The number of rotatable bonds is 6. The van der Waals surface area contributed by atoms with Crippen LogP contribution in [-0.4, -0.2) is 11.8 Å². The SMILES string of the molecule is CCCC(=O)Nc1ccc(NC(=O)c2cccc(-c3cc4ccccc4oc3=O)c2)cc1. The van der Waals surface area contributed by atoms with Gasteiger partial charge in [-0.05, 0) is 60.5 Å². The van der Waals surface area contributed by atoms with E-state index in [0.717, 1.165) is 11.8 Å². The number of fused-ring (bicyclic) bond motifs is 1. The Morgan fingerprint density at radius 1 is 0.844 bits per heavy atom. The van der Waals surface area contributed by atoms with Gasteiger partial charge in [0.15, 0.2) is 0 Å². The van der Waals surface area contributed by atoms with Gasteiger partial charge < -0.3 is 15.1 Å². The molecule has 2 amide bonds. The fraction of sp³-hybridized carbons (Fsp3) is 0.115. The van der Waals surface area contributed by atoms with E-state index >= 15 is 0 Å². The molecule has 0 saturated heterocycles. The fourth-order valence-corrected chi connectivity index (χ4v) is 3.38. The molecule has 2 N–H and O–H groups in total. The van der Waals surface area contributed by atoms with Crippen molar-refractivity contribution in [2.75, 3.05) is 10.6 Å². The predicted octanol–water partition coefficient (Wildman–Crippen LogP) is 5.45. The summed E-state index contributed by atoms with van der Waals surface area (Å²) in [5.74, 6) is -0.348. The third-order valence-corrected chi connectivity index (χ3v) is 4.98. The van der Waals surface area contributed by atoms with Gasteiger partial charge in [0.05, 0.1) is 5.56 Å². The minimum absolute atomic E-state index is 0.0423. The van der Waals surface area contributed by atoms with E-state index in [4.69, 9.17) is 4.42 Å². The van der Waals surface area contributed by atoms with Gasteiger partial charge in [-0.15, -0.1) is 0 Å². The number of hydrogen-bond acceptors (Lipinski definition) is 4. The highest BCUT2D eigenvalue weighted by Gasteiger charge is 2.12. The van der Waals surface area contributed by atoms with Gasteiger partial charge in [-0.1, -0.05) is 37.3 Å². The van der Waals surface area contributed by atoms with Crippen molar-refractivity contribution in [1.82, 2.24) is 0 Å². The zero-order valence-corrected chi connectivity index (χ0v) is 17.6. The van der Waals surface area contributed by atoms with Crippen molar-refractivity contribution in [3.8, 4) is 11.1 Å². The lowest BCUT2D eigenvalue weighted by Crippen LogP contribution is -2.13. The average Bonchev–Trinajstić information content (AvgIpc) is 2.80. The third kappa shape index (κ3) is 4.75. The molecule has 6 nitrogen and oxygen atoms in total. The molecule has 6 heteroatoms. The Hall–Kier alpha value is -4.19. The van der Waals surface area contributed by atoms with Gasteiger partial charge in [0.2, 0.25) is 5.91 Å². The quantitative estimate of drug-likeness (QED) is 0.401. The number of anilines is 2. The number of carbonyl (C=O) groups excluding carboxylic acids is 2. The molecule has 0 aliphatic heterocycles. The van der Waals surface area contributed by atoms with Crippen LogP contribution in [0, 0.1) is 0 Å². The molecule has 4 aromatic rings. The molecular formula is C26H22N2O4. The smallest absolute Gasteiger partial charge is 0.344 e. The molecule has 0 fully saturated rings. The monoisotopic (exact) mass is 426 g/mol. The minimum Gasteiger partial charge on any atom is -0.422 e. The van der Waals surface area contributed by atoms with Crippen LogP contribution in [0.4, 0.5) is 11.4 Å². The molecule has 4 rings (SSSR count). The number of carbonyl (C=O) groups is 2. The van der Waals surface area contributed by atoms with Gasteiger partial charge >= 0.3 is 5.63 Å². The number of benzene rings is 3. The highest BCUT2D eigenvalue weighted by molar-refractivity contribution is 6.05. The molecule has 32 heavy (non-hydrogen) atoms. The Labute approximate surface area is 184 Å². The van der Waals surface area contributed by atoms with Crippen LogP contribution < -0.4 is 16.3 Å². The Kier molecular flexibility index (Phi) is 6.12. The zero-order valence-electron chi connectivity index (χ0n) is 17.6. The predicted molar refractivity (Wildman–Crippen MR) is 126 cm³/mol. The zero-order chi connectivity index (χ0) is 22.5. The summed E-state index contributed by atoms with van der Waals surface area (Å²) in [5.41, 5.74) is 2.74. The van der Waals surface area contributed by atoms with Crippen LogP contribution in [0.5, 0.6) is 0 Å². The molecule has 160 valence electrons. The van der Waals surface area contributed by atoms with E-state index in [1.54, 1.807) is 60.7 Å². The topological polar surface area (TPSA) is 88.4 Å². The van der Waals surface area contributed by atoms with Crippen molar-refractivity contribution in [1.29, 1.82) is 0 Å². The second-order valence-electron chi connectivity index (χ2n) is 7.40. The van der Waals surface area contributed by atoms with Crippen molar-refractivity contribution >= 4 is 34.2 Å². The number of nitrogens with one attached hydrogen (secondary N) is 2. The highest BCUT2D eigenvalue weighted by Crippen LogP contribution is 2.22. The van der Waals surface area contributed by atoms with Gasteiger partial charge in [0, 0.05) is 28.7 Å². The lowest BCUT2D eigenvalue weighted by Gasteiger charge is -2.09. The summed E-state index contributed by atoms with van der Waals surface area (Å²) < 4.78 is 5.41. The maximum absolute atomic E-state index is 12.8. The van der Waals surface area contributed by atoms with Crippen LogP contribution in [0.25, 0.3) is 22.1 Å². The van der Waals surface area contributed by atoms with E-state index in [0.29, 0.717) is 40.1 Å². The molecule has 3 aromatic carbocycles. The maximum atomic E-state index is 12.8. The maximum Gasteiger partial charge on any atom is 0.344 e. The number of para-hydroxylation sites is 1. The van der Waals surface area contributed by atoms with Crippen molar-refractivity contribution in [3.05, 3.63) is 94.8 Å². The van der Waals surface area contributed by atoms with E-state index in [9.17, 15) is 14.4 Å². The van der Waals surface area contributed by atoms with E-state index in [1.807, 2.05) is 25.1 Å². The summed E-state index contributed by atoms with van der Waals surface area (Å²) in [6.45, 7) is 1.94. The van der Waals surface area contributed by atoms with Gasteiger partial charge in [-0.2, -0.15) is 0 Å². The molecule has 0 unspecified atom stereocenters. The molecule has 0 atom stereocenters. The van der Waals surface area contributed by atoms with E-state index < -0.39 is 5.63 Å². The summed E-state index contributed by atoms with van der Waals surface area (Å²) in [7, 11) is 0. The molecule has 0 bridgehead atoms. The molecular weight excluding hydrogens is 404 g/mol. The normalized spacial score (nSPS) is 10.7. The highest BCUT2D eigenvalue weighted by atomic mass is 16.4. The minimum atomic E-state index is -0.457. The van der Waals surface area contributed by atoms with E-state index in [-0.39, 0.29) is 11.8 Å². The molecule has 1 heterocycles. The number of amides is 2. The molecule has 0 saturated carbocycles.